The van der Waals surface area contributed by atoms with Gasteiger partial charge in [0.15, 0.2) is 0 Å². The molecule has 2 aromatic rings. The summed E-state index contributed by atoms with van der Waals surface area (Å²) in [6.45, 7) is 3.14. The van der Waals surface area contributed by atoms with Gasteiger partial charge in [-0.15, -0.1) is 0 Å². The lowest BCUT2D eigenvalue weighted by molar-refractivity contribution is 0.203. The summed E-state index contributed by atoms with van der Waals surface area (Å²) in [4.78, 5) is 6.47. The van der Waals surface area contributed by atoms with Crippen molar-refractivity contribution in [2.24, 2.45) is 5.92 Å². The van der Waals surface area contributed by atoms with Crippen LogP contribution in [0.1, 0.15) is 18.4 Å². The van der Waals surface area contributed by atoms with Crippen LogP contribution in [0.4, 0.5) is 11.4 Å². The van der Waals surface area contributed by atoms with Gasteiger partial charge in [0, 0.05) is 38.6 Å². The molecule has 2 heterocycles. The zero-order valence-electron chi connectivity index (χ0n) is 12.8. The fourth-order valence-corrected chi connectivity index (χ4v) is 2.95. The number of nitrogens with zero attached hydrogens (tertiary/aromatic N) is 2. The van der Waals surface area contributed by atoms with Crippen LogP contribution in [0.5, 0.6) is 0 Å². The van der Waals surface area contributed by atoms with Crippen LogP contribution < -0.4 is 10.2 Å². The van der Waals surface area contributed by atoms with Crippen molar-refractivity contribution in [1.82, 2.24) is 4.98 Å². The van der Waals surface area contributed by atoms with Gasteiger partial charge in [0.2, 0.25) is 0 Å². The molecular formula is C18H23N3O. The molecule has 116 valence electrons. The van der Waals surface area contributed by atoms with Crippen LogP contribution in [0, 0.1) is 5.92 Å². The molecule has 0 spiro atoms. The van der Waals surface area contributed by atoms with Crippen LogP contribution in [-0.4, -0.2) is 29.8 Å². The maximum atomic E-state index is 9.28. The highest BCUT2D eigenvalue weighted by Crippen LogP contribution is 2.29. The number of para-hydroxylation sites is 2. The smallest absolute Gasteiger partial charge is 0.0602 e. The summed E-state index contributed by atoms with van der Waals surface area (Å²) in [7, 11) is 0. The van der Waals surface area contributed by atoms with E-state index < -0.39 is 0 Å². The molecule has 0 atom stereocenters. The Hall–Kier alpha value is -2.07. The van der Waals surface area contributed by atoms with Gasteiger partial charge in [-0.1, -0.05) is 12.1 Å². The van der Waals surface area contributed by atoms with Crippen LogP contribution in [0.3, 0.4) is 0 Å². The molecule has 3 rings (SSSR count). The monoisotopic (exact) mass is 297 g/mol. The van der Waals surface area contributed by atoms with Gasteiger partial charge in [-0.2, -0.15) is 0 Å². The molecular weight excluding hydrogens is 274 g/mol. The van der Waals surface area contributed by atoms with Gasteiger partial charge in [-0.25, -0.2) is 0 Å². The van der Waals surface area contributed by atoms with E-state index in [0.29, 0.717) is 12.5 Å². The molecule has 0 bridgehead atoms. The van der Waals surface area contributed by atoms with E-state index in [2.05, 4.69) is 39.5 Å². The highest BCUT2D eigenvalue weighted by molar-refractivity contribution is 5.70. The van der Waals surface area contributed by atoms with Crippen LogP contribution >= 0.6 is 0 Å². The van der Waals surface area contributed by atoms with Gasteiger partial charge >= 0.3 is 0 Å². The summed E-state index contributed by atoms with van der Waals surface area (Å²) < 4.78 is 0. The van der Waals surface area contributed by atoms with Crippen molar-refractivity contribution in [2.75, 3.05) is 29.9 Å². The Morgan fingerprint density at radius 3 is 2.55 bits per heavy atom. The summed E-state index contributed by atoms with van der Waals surface area (Å²) in [5, 5.41) is 12.8. The van der Waals surface area contributed by atoms with E-state index in [1.54, 1.807) is 0 Å². The fourth-order valence-electron chi connectivity index (χ4n) is 2.95. The first-order valence-corrected chi connectivity index (χ1v) is 7.94. The Kier molecular flexibility index (Phi) is 4.91. The molecule has 0 aliphatic carbocycles. The third-order valence-corrected chi connectivity index (χ3v) is 4.35. The first-order chi connectivity index (χ1) is 10.9. The van der Waals surface area contributed by atoms with Crippen molar-refractivity contribution in [3.63, 3.8) is 0 Å². The molecule has 4 heteroatoms. The Bertz CT molecular complexity index is 580. The van der Waals surface area contributed by atoms with Gasteiger partial charge in [0.05, 0.1) is 11.4 Å². The summed E-state index contributed by atoms with van der Waals surface area (Å²) in [5.74, 6) is 0.466. The number of aliphatic hydroxyl groups is 1. The number of piperidine rings is 1. The average molecular weight is 297 g/mol. The molecule has 1 aromatic carbocycles. The van der Waals surface area contributed by atoms with Crippen molar-refractivity contribution in [3.8, 4) is 0 Å². The quantitative estimate of drug-likeness (QED) is 0.891. The van der Waals surface area contributed by atoms with Crippen LogP contribution in [0.15, 0.2) is 48.8 Å². The number of anilines is 2. The molecule has 0 radical (unpaired) electrons. The molecule has 1 aliphatic rings. The number of aliphatic hydroxyl groups excluding tert-OH is 1. The molecule has 1 aliphatic heterocycles. The summed E-state index contributed by atoms with van der Waals surface area (Å²) >= 11 is 0. The van der Waals surface area contributed by atoms with E-state index in [1.165, 1.54) is 16.9 Å². The predicted molar refractivity (Wildman–Crippen MR) is 90.0 cm³/mol. The van der Waals surface area contributed by atoms with Crippen LogP contribution in [0.25, 0.3) is 0 Å². The van der Waals surface area contributed by atoms with Crippen molar-refractivity contribution < 1.29 is 5.11 Å². The second-order valence-electron chi connectivity index (χ2n) is 5.84. The van der Waals surface area contributed by atoms with Gasteiger partial charge in [-0.3, -0.25) is 4.98 Å². The van der Waals surface area contributed by atoms with Gasteiger partial charge in [-0.05, 0) is 48.6 Å². The lowest BCUT2D eigenvalue weighted by Gasteiger charge is -2.34. The molecule has 2 N–H and O–H groups in total. The largest absolute Gasteiger partial charge is 0.396 e. The Morgan fingerprint density at radius 2 is 1.82 bits per heavy atom. The number of hydrogen-bond donors (Lipinski definition) is 2. The molecule has 1 aromatic heterocycles. The van der Waals surface area contributed by atoms with E-state index in [0.717, 1.165) is 32.5 Å². The number of benzene rings is 1. The van der Waals surface area contributed by atoms with Crippen molar-refractivity contribution in [2.45, 2.75) is 19.4 Å². The van der Waals surface area contributed by atoms with E-state index in [-0.39, 0.29) is 0 Å². The fraction of sp³-hybridized carbons (Fsp3) is 0.389. The van der Waals surface area contributed by atoms with E-state index in [1.807, 2.05) is 24.5 Å². The van der Waals surface area contributed by atoms with Gasteiger partial charge < -0.3 is 15.3 Å². The minimum absolute atomic E-state index is 0.315. The normalized spacial score (nSPS) is 15.8. The van der Waals surface area contributed by atoms with Crippen LogP contribution in [0.2, 0.25) is 0 Å². The highest BCUT2D eigenvalue weighted by Gasteiger charge is 2.20. The summed E-state index contributed by atoms with van der Waals surface area (Å²) in [6, 6.07) is 12.5. The SMILES string of the molecule is OCC1CCN(c2ccccc2NCc2ccncc2)CC1. The lowest BCUT2D eigenvalue weighted by Crippen LogP contribution is -2.35. The van der Waals surface area contributed by atoms with Crippen molar-refractivity contribution in [3.05, 3.63) is 54.4 Å². The van der Waals surface area contributed by atoms with E-state index in [9.17, 15) is 5.11 Å². The van der Waals surface area contributed by atoms with Gasteiger partial charge in [0.25, 0.3) is 0 Å². The van der Waals surface area contributed by atoms with Gasteiger partial charge in [0.1, 0.15) is 0 Å². The highest BCUT2D eigenvalue weighted by atomic mass is 16.3. The van der Waals surface area contributed by atoms with Crippen LogP contribution in [-0.2, 0) is 6.54 Å². The third-order valence-electron chi connectivity index (χ3n) is 4.35. The molecule has 0 unspecified atom stereocenters. The number of hydrogen-bond acceptors (Lipinski definition) is 4. The second kappa shape index (κ2) is 7.27. The standard InChI is InChI=1S/C18H23N3O/c22-14-16-7-11-21(12-8-16)18-4-2-1-3-17(18)20-13-15-5-9-19-10-6-15/h1-6,9-10,16,20,22H,7-8,11-14H2. The molecule has 1 saturated heterocycles. The van der Waals surface area contributed by atoms with E-state index >= 15 is 0 Å². The molecule has 22 heavy (non-hydrogen) atoms. The minimum atomic E-state index is 0.315. The Labute approximate surface area is 131 Å². The molecule has 1 fully saturated rings. The summed E-state index contributed by atoms with van der Waals surface area (Å²) in [5.41, 5.74) is 3.65. The second-order valence-corrected chi connectivity index (χ2v) is 5.84. The number of rotatable bonds is 5. The van der Waals surface area contributed by atoms with Crippen molar-refractivity contribution >= 4 is 11.4 Å². The Morgan fingerprint density at radius 1 is 1.09 bits per heavy atom. The topological polar surface area (TPSA) is 48.4 Å². The third kappa shape index (κ3) is 3.57. The number of aromatic nitrogens is 1. The number of pyridine rings is 1. The minimum Gasteiger partial charge on any atom is -0.396 e. The first-order valence-electron chi connectivity index (χ1n) is 7.94. The Balaban J connectivity index is 1.68. The zero-order chi connectivity index (χ0) is 15.2. The lowest BCUT2D eigenvalue weighted by atomic mass is 9.97. The van der Waals surface area contributed by atoms with E-state index in [4.69, 9.17) is 0 Å². The van der Waals surface area contributed by atoms with Crippen molar-refractivity contribution in [1.29, 1.82) is 0 Å². The summed E-state index contributed by atoms with van der Waals surface area (Å²) in [6.07, 6.45) is 5.77. The average Bonchev–Trinajstić information content (AvgIpc) is 2.61. The first kappa shape index (κ1) is 14.9. The maximum Gasteiger partial charge on any atom is 0.0602 e. The predicted octanol–water partition coefficient (Wildman–Crippen LogP) is 2.90. The maximum absolute atomic E-state index is 9.28. The zero-order valence-corrected chi connectivity index (χ0v) is 12.8. The molecule has 0 saturated carbocycles. The molecule has 4 nitrogen and oxygen atoms in total. The number of nitrogens with one attached hydrogen (secondary N) is 1. The molecule has 0 amide bonds.